The lowest BCUT2D eigenvalue weighted by molar-refractivity contribution is 0.0140. The molecule has 7 nitrogen and oxygen atoms in total. The molecule has 0 aliphatic heterocycles. The number of rotatable bonds is 6. The fourth-order valence-electron chi connectivity index (χ4n) is 2.13. The van der Waals surface area contributed by atoms with Crippen molar-refractivity contribution in [2.45, 2.75) is 18.6 Å². The number of aromatic nitrogens is 2. The highest BCUT2D eigenvalue weighted by molar-refractivity contribution is 5.52. The smallest absolute Gasteiger partial charge is 0.145 e. The molecule has 0 radical (unpaired) electrons. The molecule has 2 unspecified atom stereocenters. The Bertz CT molecular complexity index is 660. The van der Waals surface area contributed by atoms with Crippen LogP contribution >= 0.6 is 0 Å². The normalized spacial score (nSPS) is 13.5. The third kappa shape index (κ3) is 3.26. The highest BCUT2D eigenvalue weighted by Gasteiger charge is 2.18. The molecule has 0 fully saturated rings. The maximum Gasteiger partial charge on any atom is 0.145 e. The molecule has 1 aromatic heterocycles. The van der Waals surface area contributed by atoms with Crippen molar-refractivity contribution in [3.8, 4) is 11.8 Å². The summed E-state index contributed by atoms with van der Waals surface area (Å²) in [5, 5.41) is 35.9. The van der Waals surface area contributed by atoms with Crippen LogP contribution in [0, 0.1) is 11.3 Å². The first kappa shape index (κ1) is 16.0. The van der Waals surface area contributed by atoms with Gasteiger partial charge in [0.1, 0.15) is 23.6 Å². The molecule has 0 saturated carbocycles. The quantitative estimate of drug-likeness (QED) is 0.610. The van der Waals surface area contributed by atoms with Gasteiger partial charge in [0.05, 0.1) is 18.0 Å². The number of hydrogen-bond acceptors (Lipinski definition) is 6. The first-order chi connectivity index (χ1) is 10.6. The standard InChI is InChI=1S/C15H19N5O2/c1-18-7-6-13(21)14(22)10-2-4-12(5-3-10)20-15(17)11(8-16)9-19-20/h2-5,9,13-14,18,21-22H,6-7,17H2,1H3. The lowest BCUT2D eigenvalue weighted by Gasteiger charge is -2.18. The van der Waals surface area contributed by atoms with Gasteiger partial charge in [-0.25, -0.2) is 4.68 Å². The average Bonchev–Trinajstić information content (AvgIpc) is 2.92. The van der Waals surface area contributed by atoms with E-state index in [4.69, 9.17) is 11.0 Å². The maximum atomic E-state index is 10.1. The Morgan fingerprint density at radius 2 is 2.05 bits per heavy atom. The summed E-state index contributed by atoms with van der Waals surface area (Å²) in [4.78, 5) is 0. The van der Waals surface area contributed by atoms with E-state index >= 15 is 0 Å². The molecule has 2 atom stereocenters. The van der Waals surface area contributed by atoms with Crippen molar-refractivity contribution in [2.24, 2.45) is 0 Å². The molecule has 0 bridgehead atoms. The van der Waals surface area contributed by atoms with Crippen LogP contribution in [0.1, 0.15) is 23.7 Å². The first-order valence-electron chi connectivity index (χ1n) is 6.93. The number of nitrogens with zero attached hydrogens (tertiary/aromatic N) is 3. The van der Waals surface area contributed by atoms with Gasteiger partial charge in [-0.3, -0.25) is 0 Å². The van der Waals surface area contributed by atoms with Crippen LogP contribution in [0.15, 0.2) is 30.5 Å². The van der Waals surface area contributed by atoms with E-state index < -0.39 is 12.2 Å². The molecule has 0 amide bonds. The monoisotopic (exact) mass is 301 g/mol. The van der Waals surface area contributed by atoms with Gasteiger partial charge in [0.2, 0.25) is 0 Å². The van der Waals surface area contributed by atoms with Crippen LogP contribution in [0.2, 0.25) is 0 Å². The van der Waals surface area contributed by atoms with Crippen LogP contribution in [-0.2, 0) is 0 Å². The minimum atomic E-state index is -0.952. The van der Waals surface area contributed by atoms with Gasteiger partial charge in [-0.2, -0.15) is 10.4 Å². The Labute approximate surface area is 128 Å². The molecule has 1 heterocycles. The van der Waals surface area contributed by atoms with Crippen molar-refractivity contribution in [2.75, 3.05) is 19.3 Å². The zero-order valence-electron chi connectivity index (χ0n) is 12.3. The topological polar surface area (TPSA) is 120 Å². The number of nitrogen functional groups attached to an aromatic ring is 1. The molecular formula is C15H19N5O2. The van der Waals surface area contributed by atoms with E-state index in [-0.39, 0.29) is 5.82 Å². The zero-order valence-corrected chi connectivity index (χ0v) is 12.3. The minimum Gasteiger partial charge on any atom is -0.390 e. The number of anilines is 1. The summed E-state index contributed by atoms with van der Waals surface area (Å²) in [6.45, 7) is 0.622. The Morgan fingerprint density at radius 1 is 1.36 bits per heavy atom. The molecule has 7 heteroatoms. The number of aliphatic hydroxyl groups is 2. The largest absolute Gasteiger partial charge is 0.390 e. The Hall–Kier alpha value is -2.40. The number of nitrogens with one attached hydrogen (secondary N) is 1. The van der Waals surface area contributed by atoms with E-state index in [0.29, 0.717) is 29.8 Å². The summed E-state index contributed by atoms with van der Waals surface area (Å²) in [6.07, 6.45) is 0.0710. The Balaban J connectivity index is 2.16. The van der Waals surface area contributed by atoms with E-state index in [0.717, 1.165) is 0 Å². The number of nitrogens with two attached hydrogens (primary N) is 1. The molecule has 0 spiro atoms. The molecule has 0 aliphatic carbocycles. The summed E-state index contributed by atoms with van der Waals surface area (Å²) >= 11 is 0. The van der Waals surface area contributed by atoms with Crippen molar-refractivity contribution < 1.29 is 10.2 Å². The Morgan fingerprint density at radius 3 is 2.59 bits per heavy atom. The fraction of sp³-hybridized carbons (Fsp3) is 0.333. The van der Waals surface area contributed by atoms with Gasteiger partial charge in [0, 0.05) is 0 Å². The van der Waals surface area contributed by atoms with Crippen molar-refractivity contribution in [3.63, 3.8) is 0 Å². The summed E-state index contributed by atoms with van der Waals surface area (Å²) in [5.41, 5.74) is 7.43. The minimum absolute atomic E-state index is 0.268. The summed E-state index contributed by atoms with van der Waals surface area (Å²) < 4.78 is 1.45. The van der Waals surface area contributed by atoms with E-state index in [1.807, 2.05) is 6.07 Å². The van der Waals surface area contributed by atoms with E-state index in [2.05, 4.69) is 10.4 Å². The molecule has 5 N–H and O–H groups in total. The predicted molar refractivity (Wildman–Crippen MR) is 82.2 cm³/mol. The third-order valence-electron chi connectivity index (χ3n) is 3.46. The second-order valence-corrected chi connectivity index (χ2v) is 4.96. The molecule has 1 aromatic carbocycles. The highest BCUT2D eigenvalue weighted by atomic mass is 16.3. The van der Waals surface area contributed by atoms with Crippen LogP contribution in [0.25, 0.3) is 5.69 Å². The molecule has 22 heavy (non-hydrogen) atoms. The molecule has 0 aliphatic rings. The number of nitriles is 1. The summed E-state index contributed by atoms with van der Waals surface area (Å²) in [5.74, 6) is 0.268. The van der Waals surface area contributed by atoms with Crippen molar-refractivity contribution in [3.05, 3.63) is 41.6 Å². The van der Waals surface area contributed by atoms with Gasteiger partial charge in [-0.05, 0) is 37.7 Å². The van der Waals surface area contributed by atoms with Crippen LogP contribution in [0.4, 0.5) is 5.82 Å². The number of aliphatic hydroxyl groups excluding tert-OH is 2. The molecular weight excluding hydrogens is 282 g/mol. The lowest BCUT2D eigenvalue weighted by Crippen LogP contribution is -2.23. The SMILES string of the molecule is CNCCC(O)C(O)c1ccc(-n2ncc(C#N)c2N)cc1. The van der Waals surface area contributed by atoms with Crippen LogP contribution < -0.4 is 11.1 Å². The maximum absolute atomic E-state index is 10.1. The van der Waals surface area contributed by atoms with Gasteiger partial charge in [-0.1, -0.05) is 12.1 Å². The van der Waals surface area contributed by atoms with Gasteiger partial charge >= 0.3 is 0 Å². The van der Waals surface area contributed by atoms with Gasteiger partial charge in [0.25, 0.3) is 0 Å². The van der Waals surface area contributed by atoms with E-state index in [9.17, 15) is 10.2 Å². The summed E-state index contributed by atoms with van der Waals surface area (Å²) in [6, 6.07) is 8.83. The highest BCUT2D eigenvalue weighted by Crippen LogP contribution is 2.22. The van der Waals surface area contributed by atoms with Crippen molar-refractivity contribution in [1.29, 1.82) is 5.26 Å². The van der Waals surface area contributed by atoms with E-state index in [1.54, 1.807) is 31.3 Å². The average molecular weight is 301 g/mol. The number of hydrogen-bond donors (Lipinski definition) is 4. The van der Waals surface area contributed by atoms with E-state index in [1.165, 1.54) is 10.9 Å². The summed E-state index contributed by atoms with van der Waals surface area (Å²) in [7, 11) is 1.79. The molecule has 2 rings (SSSR count). The van der Waals surface area contributed by atoms with Crippen LogP contribution in [0.3, 0.4) is 0 Å². The number of benzene rings is 1. The lowest BCUT2D eigenvalue weighted by atomic mass is 10.0. The molecule has 2 aromatic rings. The van der Waals surface area contributed by atoms with Crippen LogP contribution in [0.5, 0.6) is 0 Å². The predicted octanol–water partition coefficient (Wildman–Crippen LogP) is 0.330. The van der Waals surface area contributed by atoms with Crippen molar-refractivity contribution >= 4 is 5.82 Å². The molecule has 0 saturated heterocycles. The Kier molecular flexibility index (Phi) is 5.12. The van der Waals surface area contributed by atoms with Crippen molar-refractivity contribution in [1.82, 2.24) is 15.1 Å². The zero-order chi connectivity index (χ0) is 16.1. The molecule has 116 valence electrons. The fourth-order valence-corrected chi connectivity index (χ4v) is 2.13. The van der Waals surface area contributed by atoms with Gasteiger partial charge < -0.3 is 21.3 Å². The van der Waals surface area contributed by atoms with Gasteiger partial charge in [-0.15, -0.1) is 0 Å². The van der Waals surface area contributed by atoms with Crippen LogP contribution in [-0.4, -0.2) is 39.7 Å². The van der Waals surface area contributed by atoms with Gasteiger partial charge in [0.15, 0.2) is 0 Å². The second kappa shape index (κ2) is 7.04. The first-order valence-corrected chi connectivity index (χ1v) is 6.93. The second-order valence-electron chi connectivity index (χ2n) is 4.96. The third-order valence-corrected chi connectivity index (χ3v) is 3.46.